The second-order valence-corrected chi connectivity index (χ2v) is 8.75. The highest BCUT2D eigenvalue weighted by Gasteiger charge is 2.60. The zero-order valence-corrected chi connectivity index (χ0v) is 13.7. The van der Waals surface area contributed by atoms with Gasteiger partial charge in [-0.25, -0.2) is 0 Å². The van der Waals surface area contributed by atoms with E-state index in [0.717, 1.165) is 44.1 Å². The molecule has 3 nitrogen and oxygen atoms in total. The Bertz CT molecular complexity index is 539. The lowest BCUT2D eigenvalue weighted by Gasteiger charge is -2.58. The Morgan fingerprint density at radius 1 is 1.09 bits per heavy atom. The van der Waals surface area contributed by atoms with E-state index < -0.39 is 6.10 Å². The van der Waals surface area contributed by atoms with Crippen LogP contribution in [0.1, 0.15) is 58.8 Å². The normalized spacial score (nSPS) is 54.3. The summed E-state index contributed by atoms with van der Waals surface area (Å²) in [5.41, 5.74) is 1.04. The number of aliphatic hydroxyl groups excluding tert-OH is 2. The van der Waals surface area contributed by atoms with E-state index in [-0.39, 0.29) is 22.7 Å². The van der Waals surface area contributed by atoms with Gasteiger partial charge < -0.3 is 10.2 Å². The second-order valence-electron chi connectivity index (χ2n) is 8.75. The molecular formula is C19H28O3. The van der Waals surface area contributed by atoms with Gasteiger partial charge >= 0.3 is 0 Å². The van der Waals surface area contributed by atoms with Crippen molar-refractivity contribution >= 4 is 5.78 Å². The molecule has 22 heavy (non-hydrogen) atoms. The molecule has 7 atom stereocenters. The molecule has 0 aliphatic heterocycles. The highest BCUT2D eigenvalue weighted by Crippen LogP contribution is 2.65. The average molecular weight is 304 g/mol. The van der Waals surface area contributed by atoms with E-state index in [9.17, 15) is 15.0 Å². The molecule has 0 saturated heterocycles. The maximum atomic E-state index is 11.8. The minimum atomic E-state index is -0.462. The molecular weight excluding hydrogens is 276 g/mol. The predicted octanol–water partition coefficient (Wildman–Crippen LogP) is 2.85. The van der Waals surface area contributed by atoms with Crippen molar-refractivity contribution in [3.05, 3.63) is 11.6 Å². The summed E-state index contributed by atoms with van der Waals surface area (Å²) in [4.78, 5) is 11.8. The van der Waals surface area contributed by atoms with Crippen molar-refractivity contribution in [2.75, 3.05) is 0 Å². The van der Waals surface area contributed by atoms with Crippen LogP contribution in [0.2, 0.25) is 0 Å². The summed E-state index contributed by atoms with van der Waals surface area (Å²) in [6.07, 6.45) is 7.65. The van der Waals surface area contributed by atoms with Gasteiger partial charge in [-0.15, -0.1) is 0 Å². The highest BCUT2D eigenvalue weighted by molar-refractivity contribution is 5.91. The summed E-state index contributed by atoms with van der Waals surface area (Å²) in [7, 11) is 0. The molecule has 0 heterocycles. The minimum Gasteiger partial charge on any atom is -0.393 e. The predicted molar refractivity (Wildman–Crippen MR) is 84.1 cm³/mol. The van der Waals surface area contributed by atoms with Gasteiger partial charge in [-0.2, -0.15) is 0 Å². The standard InChI is InChI=1S/C19H28O3/c1-18-7-5-11(20)9-15(18)16(21)10-12-13-3-4-17(22)19(13,2)8-6-14(12)18/h9,12-14,16-17,21-22H,3-8,10H2,1-2H3/t12-,13-,14-,16?,17?,18+,19-/m0/s1. The molecule has 2 N–H and O–H groups in total. The summed E-state index contributed by atoms with van der Waals surface area (Å²) < 4.78 is 0. The second kappa shape index (κ2) is 4.67. The van der Waals surface area contributed by atoms with Crippen LogP contribution in [-0.4, -0.2) is 28.2 Å². The lowest BCUT2D eigenvalue weighted by atomic mass is 9.47. The number of hydrogen-bond acceptors (Lipinski definition) is 3. The molecule has 0 aromatic carbocycles. The number of aliphatic hydroxyl groups is 2. The highest BCUT2D eigenvalue weighted by atomic mass is 16.3. The SMILES string of the molecule is C[C@]12CCC(=O)C=C1C(O)C[C@@H]1[C@@H]2CC[C@]2(C)C(O)CC[C@@H]12. The number of ketones is 1. The van der Waals surface area contributed by atoms with Crippen molar-refractivity contribution in [2.45, 2.75) is 71.0 Å². The molecule has 3 fully saturated rings. The summed E-state index contributed by atoms with van der Waals surface area (Å²) in [5, 5.41) is 21.2. The molecule has 0 spiro atoms. The largest absolute Gasteiger partial charge is 0.393 e. The van der Waals surface area contributed by atoms with Crippen molar-refractivity contribution in [1.29, 1.82) is 0 Å². The van der Waals surface area contributed by atoms with E-state index in [0.29, 0.717) is 24.2 Å². The summed E-state index contributed by atoms with van der Waals surface area (Å²) >= 11 is 0. The van der Waals surface area contributed by atoms with Crippen molar-refractivity contribution in [2.24, 2.45) is 28.6 Å². The summed E-state index contributed by atoms with van der Waals surface area (Å²) in [6, 6.07) is 0. The Hall–Kier alpha value is -0.670. The van der Waals surface area contributed by atoms with Crippen molar-refractivity contribution in [3.8, 4) is 0 Å². The lowest BCUT2D eigenvalue weighted by Crippen LogP contribution is -2.54. The smallest absolute Gasteiger partial charge is 0.155 e. The fourth-order valence-electron chi connectivity index (χ4n) is 6.58. The van der Waals surface area contributed by atoms with Crippen LogP contribution in [0.5, 0.6) is 0 Å². The maximum absolute atomic E-state index is 11.8. The lowest BCUT2D eigenvalue weighted by molar-refractivity contribution is -0.120. The molecule has 0 bridgehead atoms. The van der Waals surface area contributed by atoms with E-state index in [4.69, 9.17) is 0 Å². The zero-order valence-electron chi connectivity index (χ0n) is 13.7. The molecule has 0 aromatic heterocycles. The third-order valence-corrected chi connectivity index (χ3v) is 7.93. The summed E-state index contributed by atoms with van der Waals surface area (Å²) in [5.74, 6) is 1.79. The van der Waals surface area contributed by atoms with Gasteiger partial charge in [-0.3, -0.25) is 4.79 Å². The Balaban J connectivity index is 1.73. The Labute approximate surface area is 132 Å². The van der Waals surface area contributed by atoms with E-state index >= 15 is 0 Å². The topological polar surface area (TPSA) is 57.5 Å². The Morgan fingerprint density at radius 3 is 2.64 bits per heavy atom. The van der Waals surface area contributed by atoms with Gasteiger partial charge in [0.25, 0.3) is 0 Å². The molecule has 4 aliphatic carbocycles. The van der Waals surface area contributed by atoms with Crippen LogP contribution in [-0.2, 0) is 4.79 Å². The Kier molecular flexibility index (Phi) is 3.16. The van der Waals surface area contributed by atoms with Crippen LogP contribution in [0.4, 0.5) is 0 Å². The molecule has 3 saturated carbocycles. The van der Waals surface area contributed by atoms with E-state index in [1.165, 1.54) is 0 Å². The molecule has 0 aromatic rings. The number of rotatable bonds is 0. The van der Waals surface area contributed by atoms with Crippen molar-refractivity contribution < 1.29 is 15.0 Å². The van der Waals surface area contributed by atoms with Gasteiger partial charge in [0, 0.05) is 6.42 Å². The van der Waals surface area contributed by atoms with Crippen LogP contribution >= 0.6 is 0 Å². The van der Waals surface area contributed by atoms with E-state index in [1.54, 1.807) is 6.08 Å². The van der Waals surface area contributed by atoms with Gasteiger partial charge in [0.2, 0.25) is 0 Å². The zero-order chi connectivity index (χ0) is 15.7. The van der Waals surface area contributed by atoms with Crippen LogP contribution in [0, 0.1) is 28.6 Å². The fourth-order valence-corrected chi connectivity index (χ4v) is 6.58. The van der Waals surface area contributed by atoms with Gasteiger partial charge in [-0.05, 0) is 78.8 Å². The first-order chi connectivity index (χ1) is 10.4. The summed E-state index contributed by atoms with van der Waals surface area (Å²) in [6.45, 7) is 4.54. The molecule has 0 amide bonds. The third-order valence-electron chi connectivity index (χ3n) is 7.93. The molecule has 122 valence electrons. The first-order valence-electron chi connectivity index (χ1n) is 8.97. The average Bonchev–Trinajstić information content (AvgIpc) is 2.77. The first-order valence-corrected chi connectivity index (χ1v) is 8.97. The van der Waals surface area contributed by atoms with Crippen molar-refractivity contribution in [3.63, 3.8) is 0 Å². The van der Waals surface area contributed by atoms with Gasteiger partial charge in [0.1, 0.15) is 0 Å². The monoisotopic (exact) mass is 304 g/mol. The van der Waals surface area contributed by atoms with E-state index in [2.05, 4.69) is 13.8 Å². The molecule has 4 rings (SSSR count). The molecule has 4 aliphatic rings. The minimum absolute atomic E-state index is 0.00881. The van der Waals surface area contributed by atoms with Crippen LogP contribution in [0.3, 0.4) is 0 Å². The first kappa shape index (κ1) is 14.9. The number of carbonyl (C=O) groups is 1. The number of hydrogen-bond donors (Lipinski definition) is 2. The van der Waals surface area contributed by atoms with Crippen LogP contribution < -0.4 is 0 Å². The Morgan fingerprint density at radius 2 is 1.86 bits per heavy atom. The molecule has 0 radical (unpaired) electrons. The van der Waals surface area contributed by atoms with Gasteiger partial charge in [-0.1, -0.05) is 13.8 Å². The molecule has 3 heteroatoms. The number of fused-ring (bicyclic) bond motifs is 5. The van der Waals surface area contributed by atoms with Crippen LogP contribution in [0.15, 0.2) is 11.6 Å². The molecule has 2 unspecified atom stereocenters. The van der Waals surface area contributed by atoms with Crippen molar-refractivity contribution in [1.82, 2.24) is 0 Å². The number of carbonyl (C=O) groups excluding carboxylic acids is 1. The fraction of sp³-hybridized carbons (Fsp3) is 0.842. The van der Waals surface area contributed by atoms with Crippen LogP contribution in [0.25, 0.3) is 0 Å². The maximum Gasteiger partial charge on any atom is 0.155 e. The van der Waals surface area contributed by atoms with E-state index in [1.807, 2.05) is 0 Å². The van der Waals surface area contributed by atoms with Gasteiger partial charge in [0.05, 0.1) is 12.2 Å². The quantitative estimate of drug-likeness (QED) is 0.723. The third kappa shape index (κ3) is 1.78. The van der Waals surface area contributed by atoms with Gasteiger partial charge in [0.15, 0.2) is 5.78 Å².